The Morgan fingerprint density at radius 2 is 1.88 bits per heavy atom. The monoisotopic (exact) mass is 220 g/mol. The summed E-state index contributed by atoms with van der Waals surface area (Å²) in [5, 5.41) is 0.000278. The van der Waals surface area contributed by atoms with Gasteiger partial charge in [-0.25, -0.2) is 4.79 Å². The van der Waals surface area contributed by atoms with Gasteiger partial charge >= 0.3 is 5.63 Å². The van der Waals surface area contributed by atoms with Crippen molar-refractivity contribution in [3.8, 4) is 0 Å². The molecule has 0 bridgehead atoms. The van der Waals surface area contributed by atoms with Crippen LogP contribution in [0.15, 0.2) is 24.5 Å². The molecular formula is C12H12O4. The van der Waals surface area contributed by atoms with Crippen molar-refractivity contribution in [2.75, 3.05) is 0 Å². The van der Waals surface area contributed by atoms with Crippen molar-refractivity contribution in [1.82, 2.24) is 0 Å². The summed E-state index contributed by atoms with van der Waals surface area (Å²) in [6.07, 6.45) is 0.621. The van der Waals surface area contributed by atoms with Crippen LogP contribution >= 0.6 is 0 Å². The van der Waals surface area contributed by atoms with Crippen LogP contribution in [0.1, 0.15) is 24.0 Å². The second-order valence-electron chi connectivity index (χ2n) is 3.72. The fourth-order valence-electron chi connectivity index (χ4n) is 1.73. The van der Waals surface area contributed by atoms with Crippen LogP contribution in [0.25, 0.3) is 11.0 Å². The van der Waals surface area contributed by atoms with E-state index in [1.807, 2.05) is 6.92 Å². The van der Waals surface area contributed by atoms with Gasteiger partial charge in [-0.05, 0) is 13.8 Å². The van der Waals surface area contributed by atoms with Crippen molar-refractivity contribution in [2.45, 2.75) is 27.2 Å². The van der Waals surface area contributed by atoms with Crippen molar-refractivity contribution < 1.29 is 8.83 Å². The molecule has 2 rings (SSSR count). The largest absolute Gasteiger partial charge is 0.460 e. The Labute approximate surface area is 91.5 Å². The second-order valence-corrected chi connectivity index (χ2v) is 3.72. The molecule has 4 nitrogen and oxygen atoms in total. The molecule has 0 saturated carbocycles. The predicted octanol–water partition coefficient (Wildman–Crippen LogP) is 1.93. The van der Waals surface area contributed by atoms with Crippen molar-refractivity contribution in [3.63, 3.8) is 0 Å². The highest BCUT2D eigenvalue weighted by Gasteiger charge is 2.13. The molecule has 16 heavy (non-hydrogen) atoms. The topological polar surface area (TPSA) is 60.4 Å². The molecular weight excluding hydrogens is 208 g/mol. The van der Waals surface area contributed by atoms with Gasteiger partial charge in [0.2, 0.25) is 5.43 Å². The van der Waals surface area contributed by atoms with E-state index in [1.165, 1.54) is 0 Å². The Morgan fingerprint density at radius 3 is 2.50 bits per heavy atom. The zero-order valence-electron chi connectivity index (χ0n) is 9.42. The fraction of sp³-hybridized carbons (Fsp3) is 0.333. The highest BCUT2D eigenvalue weighted by Crippen LogP contribution is 2.14. The van der Waals surface area contributed by atoms with E-state index in [0.29, 0.717) is 29.1 Å². The molecule has 0 aliphatic rings. The van der Waals surface area contributed by atoms with Crippen LogP contribution in [0, 0.1) is 13.8 Å². The van der Waals surface area contributed by atoms with E-state index >= 15 is 0 Å². The standard InChI is InChI=1S/C12H12O4/c1-4-8-7(3)11(13)10-9(16-8)5-6(2)15-12(10)14/h5H,4H2,1-3H3. The Bertz CT molecular complexity index is 661. The van der Waals surface area contributed by atoms with E-state index in [2.05, 4.69) is 0 Å². The van der Waals surface area contributed by atoms with Crippen molar-refractivity contribution in [2.24, 2.45) is 0 Å². The number of aryl methyl sites for hydroxylation is 2. The molecule has 0 atom stereocenters. The van der Waals surface area contributed by atoms with E-state index in [4.69, 9.17) is 8.83 Å². The summed E-state index contributed by atoms with van der Waals surface area (Å²) in [6, 6.07) is 1.57. The minimum atomic E-state index is -0.630. The third kappa shape index (κ3) is 1.46. The second kappa shape index (κ2) is 3.63. The molecule has 0 fully saturated rings. The van der Waals surface area contributed by atoms with Crippen molar-refractivity contribution in [1.29, 1.82) is 0 Å². The van der Waals surface area contributed by atoms with E-state index in [9.17, 15) is 9.59 Å². The van der Waals surface area contributed by atoms with Crippen LogP contribution in [-0.2, 0) is 6.42 Å². The zero-order valence-corrected chi connectivity index (χ0v) is 9.42. The van der Waals surface area contributed by atoms with Gasteiger partial charge in [0.15, 0.2) is 5.39 Å². The average Bonchev–Trinajstić information content (AvgIpc) is 2.22. The van der Waals surface area contributed by atoms with E-state index < -0.39 is 5.63 Å². The molecule has 0 unspecified atom stereocenters. The van der Waals surface area contributed by atoms with Crippen LogP contribution in [0.2, 0.25) is 0 Å². The third-order valence-corrected chi connectivity index (χ3v) is 2.58. The number of fused-ring (bicyclic) bond motifs is 1. The molecule has 0 saturated heterocycles. The predicted molar refractivity (Wildman–Crippen MR) is 59.9 cm³/mol. The zero-order chi connectivity index (χ0) is 11.9. The Morgan fingerprint density at radius 1 is 1.19 bits per heavy atom. The first-order valence-corrected chi connectivity index (χ1v) is 5.11. The van der Waals surface area contributed by atoms with Crippen LogP contribution in [-0.4, -0.2) is 0 Å². The van der Waals surface area contributed by atoms with Crippen molar-refractivity contribution in [3.05, 3.63) is 43.8 Å². The van der Waals surface area contributed by atoms with Gasteiger partial charge in [-0.15, -0.1) is 0 Å². The minimum absolute atomic E-state index is 0.000278. The summed E-state index contributed by atoms with van der Waals surface area (Å²) >= 11 is 0. The molecule has 0 aliphatic carbocycles. The lowest BCUT2D eigenvalue weighted by Gasteiger charge is -2.03. The molecule has 0 aromatic carbocycles. The summed E-state index contributed by atoms with van der Waals surface area (Å²) in [5.41, 5.74) is -0.145. The third-order valence-electron chi connectivity index (χ3n) is 2.58. The van der Waals surface area contributed by atoms with E-state index in [-0.39, 0.29) is 10.8 Å². The van der Waals surface area contributed by atoms with E-state index in [0.717, 1.165) is 0 Å². The van der Waals surface area contributed by atoms with Crippen LogP contribution in [0.3, 0.4) is 0 Å². The van der Waals surface area contributed by atoms with Crippen molar-refractivity contribution >= 4 is 11.0 Å². The Hall–Kier alpha value is -1.84. The van der Waals surface area contributed by atoms with Crippen LogP contribution in [0.5, 0.6) is 0 Å². The number of hydrogen-bond donors (Lipinski definition) is 0. The lowest BCUT2D eigenvalue weighted by molar-refractivity contribution is 0.475. The van der Waals surface area contributed by atoms with E-state index in [1.54, 1.807) is 19.9 Å². The molecule has 0 spiro atoms. The first kappa shape index (κ1) is 10.7. The number of hydrogen-bond acceptors (Lipinski definition) is 4. The SMILES string of the molecule is CCc1oc2cc(C)oc(=O)c2c(=O)c1C. The number of rotatable bonds is 1. The van der Waals surface area contributed by atoms with Gasteiger partial charge < -0.3 is 8.83 Å². The molecule has 4 heteroatoms. The van der Waals surface area contributed by atoms with Gasteiger partial charge in [0, 0.05) is 18.1 Å². The lowest BCUT2D eigenvalue weighted by Crippen LogP contribution is -2.16. The smallest absolute Gasteiger partial charge is 0.351 e. The maximum Gasteiger partial charge on any atom is 0.351 e. The first-order chi connectivity index (χ1) is 7.54. The fourth-order valence-corrected chi connectivity index (χ4v) is 1.73. The molecule has 0 aliphatic heterocycles. The van der Waals surface area contributed by atoms with Gasteiger partial charge in [0.25, 0.3) is 0 Å². The van der Waals surface area contributed by atoms with Gasteiger partial charge in [-0.3, -0.25) is 4.79 Å². The highest BCUT2D eigenvalue weighted by atomic mass is 16.4. The molecule has 0 amide bonds. The summed E-state index contributed by atoms with van der Waals surface area (Å²) in [4.78, 5) is 23.5. The summed E-state index contributed by atoms with van der Waals surface area (Å²) in [6.45, 7) is 5.20. The highest BCUT2D eigenvalue weighted by molar-refractivity contribution is 5.75. The van der Waals surface area contributed by atoms with Crippen LogP contribution in [0.4, 0.5) is 0 Å². The first-order valence-electron chi connectivity index (χ1n) is 5.11. The van der Waals surface area contributed by atoms with Crippen LogP contribution < -0.4 is 11.1 Å². The molecule has 2 aromatic rings. The normalized spacial score (nSPS) is 10.9. The quantitative estimate of drug-likeness (QED) is 0.736. The van der Waals surface area contributed by atoms with Gasteiger partial charge in [-0.1, -0.05) is 6.92 Å². The molecule has 84 valence electrons. The molecule has 2 heterocycles. The summed E-state index contributed by atoms with van der Waals surface area (Å²) in [7, 11) is 0. The Kier molecular flexibility index (Phi) is 2.42. The molecule has 2 aromatic heterocycles. The lowest BCUT2D eigenvalue weighted by atomic mass is 10.1. The molecule has 0 N–H and O–H groups in total. The summed E-state index contributed by atoms with van der Waals surface area (Å²) in [5.74, 6) is 1.05. The average molecular weight is 220 g/mol. The maximum atomic E-state index is 11.9. The van der Waals surface area contributed by atoms with Gasteiger partial charge in [-0.2, -0.15) is 0 Å². The summed E-state index contributed by atoms with van der Waals surface area (Å²) < 4.78 is 10.4. The minimum Gasteiger partial charge on any atom is -0.460 e. The van der Waals surface area contributed by atoms with Gasteiger partial charge in [0.05, 0.1) is 0 Å². The van der Waals surface area contributed by atoms with Gasteiger partial charge in [0.1, 0.15) is 17.1 Å². The molecule has 0 radical (unpaired) electrons. The maximum absolute atomic E-state index is 11.9. The Balaban J connectivity index is 3.05.